The highest BCUT2D eigenvalue weighted by atomic mass is 15.0. The second kappa shape index (κ2) is 7.13. The summed E-state index contributed by atoms with van der Waals surface area (Å²) in [4.78, 5) is 5.95. The first-order chi connectivity index (χ1) is 6.57. The summed E-state index contributed by atoms with van der Waals surface area (Å²) in [6.07, 6.45) is 9.44. The van der Waals surface area contributed by atoms with Crippen LogP contribution in [-0.4, -0.2) is 25.2 Å². The van der Waals surface area contributed by atoms with Gasteiger partial charge in [-0.15, -0.1) is 0 Å². The summed E-state index contributed by atoms with van der Waals surface area (Å²) in [7, 11) is 4.01. The molecular weight excluding hydrogens is 172 g/mol. The maximum atomic E-state index is 3.94. The third kappa shape index (κ3) is 6.23. The molecule has 0 spiro atoms. The maximum Gasteiger partial charge on any atom is 0.0270 e. The second-order valence-electron chi connectivity index (χ2n) is 3.58. The molecule has 0 aliphatic rings. The van der Waals surface area contributed by atoms with E-state index in [0.29, 0.717) is 5.92 Å². The minimum absolute atomic E-state index is 0.502. The average molecular weight is 192 g/mol. The highest BCUT2D eigenvalue weighted by Crippen LogP contribution is 2.10. The molecule has 0 radical (unpaired) electrons. The van der Waals surface area contributed by atoms with Crippen molar-refractivity contribution >= 4 is 6.21 Å². The van der Waals surface area contributed by atoms with Gasteiger partial charge in [0.25, 0.3) is 0 Å². The van der Waals surface area contributed by atoms with E-state index in [4.69, 9.17) is 0 Å². The summed E-state index contributed by atoms with van der Waals surface area (Å²) >= 11 is 0. The van der Waals surface area contributed by atoms with Crippen molar-refractivity contribution in [1.29, 1.82) is 0 Å². The molecule has 0 rings (SSSR count). The third-order valence-electron chi connectivity index (χ3n) is 1.69. The zero-order valence-electron chi connectivity index (χ0n) is 9.57. The normalized spacial score (nSPS) is 13.1. The Morgan fingerprint density at radius 1 is 1.36 bits per heavy atom. The van der Waals surface area contributed by atoms with E-state index in [2.05, 4.69) is 31.5 Å². The standard InChI is InChI=1S/C12H20N2/c1-6-13-9-7-12(11(2)3)8-10-14(4)5/h6-11H,1H2,2-5H3/b10-8+,12-7-,13-9?. The lowest BCUT2D eigenvalue weighted by Gasteiger charge is -2.08. The quantitative estimate of drug-likeness (QED) is 0.483. The van der Waals surface area contributed by atoms with Crippen molar-refractivity contribution < 1.29 is 0 Å². The molecule has 0 saturated carbocycles. The lowest BCUT2D eigenvalue weighted by atomic mass is 10.0. The molecule has 14 heavy (non-hydrogen) atoms. The van der Waals surface area contributed by atoms with Gasteiger partial charge >= 0.3 is 0 Å². The Balaban J connectivity index is 4.51. The average Bonchev–Trinajstić information content (AvgIpc) is 2.10. The van der Waals surface area contributed by atoms with Crippen molar-refractivity contribution in [2.45, 2.75) is 13.8 Å². The lowest BCUT2D eigenvalue weighted by Crippen LogP contribution is -2.01. The molecule has 78 valence electrons. The molecule has 0 amide bonds. The molecule has 0 aliphatic heterocycles. The first-order valence-corrected chi connectivity index (χ1v) is 4.76. The topological polar surface area (TPSA) is 15.6 Å². The van der Waals surface area contributed by atoms with Crippen LogP contribution in [0.1, 0.15) is 13.8 Å². The predicted molar refractivity (Wildman–Crippen MR) is 64.4 cm³/mol. The molecule has 0 saturated heterocycles. The second-order valence-corrected chi connectivity index (χ2v) is 3.58. The van der Waals surface area contributed by atoms with E-state index in [1.165, 1.54) is 11.8 Å². The summed E-state index contributed by atoms with van der Waals surface area (Å²) in [6.45, 7) is 7.84. The molecule has 0 aromatic rings. The summed E-state index contributed by atoms with van der Waals surface area (Å²) in [5.41, 5.74) is 1.25. The highest BCUT2D eigenvalue weighted by Gasteiger charge is 1.97. The smallest absolute Gasteiger partial charge is 0.0270 e. The van der Waals surface area contributed by atoms with Crippen LogP contribution in [-0.2, 0) is 0 Å². The van der Waals surface area contributed by atoms with Gasteiger partial charge in [-0.1, -0.05) is 20.4 Å². The fourth-order valence-corrected chi connectivity index (χ4v) is 0.866. The van der Waals surface area contributed by atoms with Crippen LogP contribution >= 0.6 is 0 Å². The summed E-state index contributed by atoms with van der Waals surface area (Å²) < 4.78 is 0. The molecular formula is C12H20N2. The number of hydrogen-bond donors (Lipinski definition) is 0. The van der Waals surface area contributed by atoms with Crippen LogP contribution in [0.2, 0.25) is 0 Å². The van der Waals surface area contributed by atoms with E-state index in [0.717, 1.165) is 0 Å². The molecule has 2 heteroatoms. The monoisotopic (exact) mass is 192 g/mol. The van der Waals surface area contributed by atoms with Gasteiger partial charge in [-0.3, -0.25) is 4.99 Å². The summed E-state index contributed by atoms with van der Waals surface area (Å²) in [5.74, 6) is 0.502. The van der Waals surface area contributed by atoms with Gasteiger partial charge in [0.2, 0.25) is 0 Å². The van der Waals surface area contributed by atoms with E-state index in [1.54, 1.807) is 6.21 Å². The Morgan fingerprint density at radius 2 is 2.00 bits per heavy atom. The number of hydrogen-bond acceptors (Lipinski definition) is 2. The zero-order chi connectivity index (χ0) is 11.0. The molecule has 0 fully saturated rings. The van der Waals surface area contributed by atoms with Gasteiger partial charge in [-0.2, -0.15) is 0 Å². The van der Waals surface area contributed by atoms with Crippen molar-refractivity contribution in [3.05, 3.63) is 36.7 Å². The maximum absolute atomic E-state index is 3.94. The number of aliphatic imine (C=N–C) groups is 1. The molecule has 0 N–H and O–H groups in total. The van der Waals surface area contributed by atoms with Crippen LogP contribution < -0.4 is 0 Å². The van der Waals surface area contributed by atoms with E-state index in [-0.39, 0.29) is 0 Å². The number of nitrogens with zero attached hydrogens (tertiary/aromatic N) is 2. The Kier molecular flexibility index (Phi) is 6.46. The van der Waals surface area contributed by atoms with Crippen LogP contribution in [0.4, 0.5) is 0 Å². The minimum atomic E-state index is 0.502. The van der Waals surface area contributed by atoms with Crippen LogP contribution in [0.25, 0.3) is 0 Å². The van der Waals surface area contributed by atoms with Gasteiger partial charge in [-0.05, 0) is 29.8 Å². The molecule has 0 bridgehead atoms. The van der Waals surface area contributed by atoms with Crippen LogP contribution in [0.3, 0.4) is 0 Å². The lowest BCUT2D eigenvalue weighted by molar-refractivity contribution is 0.562. The zero-order valence-corrected chi connectivity index (χ0v) is 9.57. The molecule has 0 heterocycles. The van der Waals surface area contributed by atoms with Gasteiger partial charge in [-0.25, -0.2) is 0 Å². The third-order valence-corrected chi connectivity index (χ3v) is 1.69. The van der Waals surface area contributed by atoms with E-state index in [9.17, 15) is 0 Å². The fourth-order valence-electron chi connectivity index (χ4n) is 0.866. The van der Waals surface area contributed by atoms with Crippen molar-refractivity contribution in [3.8, 4) is 0 Å². The van der Waals surface area contributed by atoms with Gasteiger partial charge in [0, 0.05) is 26.5 Å². The summed E-state index contributed by atoms with van der Waals surface area (Å²) in [6, 6.07) is 0. The van der Waals surface area contributed by atoms with E-state index >= 15 is 0 Å². The molecule has 0 aromatic carbocycles. The summed E-state index contributed by atoms with van der Waals surface area (Å²) in [5, 5.41) is 0. The van der Waals surface area contributed by atoms with Crippen molar-refractivity contribution in [3.63, 3.8) is 0 Å². The van der Waals surface area contributed by atoms with Gasteiger partial charge < -0.3 is 4.90 Å². The van der Waals surface area contributed by atoms with Crippen LogP contribution in [0.15, 0.2) is 41.7 Å². The first-order valence-electron chi connectivity index (χ1n) is 4.76. The Labute approximate surface area is 87.3 Å². The Morgan fingerprint density at radius 3 is 2.43 bits per heavy atom. The Hall–Kier alpha value is -1.31. The van der Waals surface area contributed by atoms with E-state index < -0.39 is 0 Å². The van der Waals surface area contributed by atoms with Crippen LogP contribution in [0, 0.1) is 5.92 Å². The fraction of sp³-hybridized carbons (Fsp3) is 0.417. The molecule has 2 nitrogen and oxygen atoms in total. The first kappa shape index (κ1) is 12.7. The van der Waals surface area contributed by atoms with Crippen molar-refractivity contribution in [2.24, 2.45) is 10.9 Å². The highest BCUT2D eigenvalue weighted by molar-refractivity contribution is 5.73. The minimum Gasteiger partial charge on any atom is -0.383 e. The SMILES string of the molecule is C=CN=C/C=C(/C=C/N(C)C)C(C)C. The van der Waals surface area contributed by atoms with E-state index in [1.807, 2.05) is 31.3 Å². The van der Waals surface area contributed by atoms with Gasteiger partial charge in [0.05, 0.1) is 0 Å². The number of rotatable bonds is 5. The largest absolute Gasteiger partial charge is 0.383 e. The number of allylic oxidation sites excluding steroid dienone is 3. The predicted octanol–water partition coefficient (Wildman–Crippen LogP) is 2.86. The molecule has 0 aliphatic carbocycles. The van der Waals surface area contributed by atoms with Crippen molar-refractivity contribution in [2.75, 3.05) is 14.1 Å². The van der Waals surface area contributed by atoms with Crippen LogP contribution in [0.5, 0.6) is 0 Å². The van der Waals surface area contributed by atoms with Gasteiger partial charge in [0.1, 0.15) is 0 Å². The van der Waals surface area contributed by atoms with Gasteiger partial charge in [0.15, 0.2) is 0 Å². The molecule has 0 aromatic heterocycles. The molecule has 0 atom stereocenters. The molecule has 0 unspecified atom stereocenters. The Bertz CT molecular complexity index is 245. The van der Waals surface area contributed by atoms with Crippen molar-refractivity contribution in [1.82, 2.24) is 4.90 Å².